The molecule has 0 bridgehead atoms. The fourth-order valence-corrected chi connectivity index (χ4v) is 2.83. The van der Waals surface area contributed by atoms with Gasteiger partial charge in [0.2, 0.25) is 6.79 Å². The van der Waals surface area contributed by atoms with Crippen molar-refractivity contribution < 1.29 is 18.8 Å². The molecule has 1 aromatic carbocycles. The zero-order valence-electron chi connectivity index (χ0n) is 14.0. The van der Waals surface area contributed by atoms with Gasteiger partial charge in [0.1, 0.15) is 0 Å². The zero-order chi connectivity index (χ0) is 17.4. The van der Waals surface area contributed by atoms with Gasteiger partial charge in [0.05, 0.1) is 16.6 Å². The number of fused-ring (bicyclic) bond motifs is 2. The van der Waals surface area contributed by atoms with Gasteiger partial charge in [0.25, 0.3) is 11.6 Å². The van der Waals surface area contributed by atoms with E-state index in [4.69, 9.17) is 14.0 Å². The van der Waals surface area contributed by atoms with Crippen molar-refractivity contribution in [1.29, 1.82) is 0 Å². The lowest BCUT2D eigenvalue weighted by atomic mass is 10.1. The van der Waals surface area contributed by atoms with E-state index < -0.39 is 0 Å². The first-order valence-corrected chi connectivity index (χ1v) is 8.05. The molecule has 7 heteroatoms. The number of aromatic nitrogens is 2. The van der Waals surface area contributed by atoms with Crippen LogP contribution < -0.4 is 9.47 Å². The average molecular weight is 339 g/mol. The molecule has 4 rings (SSSR count). The van der Waals surface area contributed by atoms with Gasteiger partial charge in [0, 0.05) is 19.3 Å². The average Bonchev–Trinajstić information content (AvgIpc) is 3.25. The number of amides is 1. The van der Waals surface area contributed by atoms with Crippen molar-refractivity contribution >= 4 is 17.0 Å². The quantitative estimate of drug-likeness (QED) is 0.727. The summed E-state index contributed by atoms with van der Waals surface area (Å²) in [5.41, 5.74) is 2.65. The molecule has 0 unspecified atom stereocenters. The van der Waals surface area contributed by atoms with E-state index in [0.717, 1.165) is 22.4 Å². The van der Waals surface area contributed by atoms with Gasteiger partial charge >= 0.3 is 0 Å². The van der Waals surface area contributed by atoms with E-state index in [1.165, 1.54) is 6.20 Å². The second-order valence-electron chi connectivity index (χ2n) is 5.85. The predicted octanol–water partition coefficient (Wildman–Crippen LogP) is 2.92. The van der Waals surface area contributed by atoms with Crippen LogP contribution in [-0.2, 0) is 6.54 Å². The standard InChI is InChI=1S/C18H17N3O4/c1-3-21(9-12-4-5-15-16(6-12)24-10-23-15)18(22)13-7-14-11(2)20-25-17(14)19-8-13/h4-8H,3,9-10H2,1-2H3. The number of aryl methyl sites for hydroxylation is 1. The molecule has 128 valence electrons. The van der Waals surface area contributed by atoms with E-state index in [9.17, 15) is 4.79 Å². The summed E-state index contributed by atoms with van der Waals surface area (Å²) in [5, 5.41) is 4.63. The monoisotopic (exact) mass is 339 g/mol. The van der Waals surface area contributed by atoms with Crippen LogP contribution in [0.1, 0.15) is 28.5 Å². The van der Waals surface area contributed by atoms with Crippen molar-refractivity contribution in [1.82, 2.24) is 15.0 Å². The van der Waals surface area contributed by atoms with E-state index in [0.29, 0.717) is 30.1 Å². The molecular weight excluding hydrogens is 322 g/mol. The van der Waals surface area contributed by atoms with E-state index in [-0.39, 0.29) is 12.7 Å². The summed E-state index contributed by atoms with van der Waals surface area (Å²) in [5.74, 6) is 1.36. The highest BCUT2D eigenvalue weighted by molar-refractivity contribution is 5.97. The second kappa shape index (κ2) is 6.08. The zero-order valence-corrected chi connectivity index (χ0v) is 14.0. The lowest BCUT2D eigenvalue weighted by Gasteiger charge is -2.21. The Morgan fingerprint density at radius 3 is 2.92 bits per heavy atom. The number of hydrogen-bond donors (Lipinski definition) is 0. The first-order valence-electron chi connectivity index (χ1n) is 8.05. The molecule has 0 radical (unpaired) electrons. The van der Waals surface area contributed by atoms with Crippen molar-refractivity contribution in [3.8, 4) is 11.5 Å². The van der Waals surface area contributed by atoms with E-state index in [1.807, 2.05) is 32.0 Å². The SMILES string of the molecule is CCN(Cc1ccc2c(c1)OCO2)C(=O)c1cnc2onc(C)c2c1. The molecule has 0 saturated heterocycles. The summed E-state index contributed by atoms with van der Waals surface area (Å²) >= 11 is 0. The van der Waals surface area contributed by atoms with E-state index in [2.05, 4.69) is 10.1 Å². The van der Waals surface area contributed by atoms with Crippen LogP contribution in [0.25, 0.3) is 11.1 Å². The second-order valence-corrected chi connectivity index (χ2v) is 5.85. The Kier molecular flexibility index (Phi) is 3.76. The van der Waals surface area contributed by atoms with Gasteiger partial charge in [-0.1, -0.05) is 11.2 Å². The molecule has 0 aliphatic carbocycles. The van der Waals surface area contributed by atoms with Crippen molar-refractivity contribution in [2.24, 2.45) is 0 Å². The third-order valence-electron chi connectivity index (χ3n) is 4.24. The lowest BCUT2D eigenvalue weighted by molar-refractivity contribution is 0.0752. The number of carbonyl (C=O) groups excluding carboxylic acids is 1. The first-order chi connectivity index (χ1) is 12.2. The minimum absolute atomic E-state index is 0.0878. The highest BCUT2D eigenvalue weighted by Crippen LogP contribution is 2.33. The molecule has 0 fully saturated rings. The fraction of sp³-hybridized carbons (Fsp3) is 0.278. The van der Waals surface area contributed by atoms with Crippen molar-refractivity contribution in [3.63, 3.8) is 0 Å². The van der Waals surface area contributed by atoms with Crippen molar-refractivity contribution in [2.75, 3.05) is 13.3 Å². The Hall–Kier alpha value is -3.09. The summed E-state index contributed by atoms with van der Waals surface area (Å²) < 4.78 is 15.8. The minimum Gasteiger partial charge on any atom is -0.454 e. The van der Waals surface area contributed by atoms with Gasteiger partial charge in [0.15, 0.2) is 11.5 Å². The minimum atomic E-state index is -0.0878. The van der Waals surface area contributed by atoms with Gasteiger partial charge in [-0.2, -0.15) is 0 Å². The molecule has 1 aliphatic heterocycles. The van der Waals surface area contributed by atoms with Gasteiger partial charge in [-0.25, -0.2) is 4.98 Å². The van der Waals surface area contributed by atoms with Gasteiger partial charge < -0.3 is 18.9 Å². The van der Waals surface area contributed by atoms with Crippen LogP contribution >= 0.6 is 0 Å². The van der Waals surface area contributed by atoms with Crippen molar-refractivity contribution in [3.05, 3.63) is 47.3 Å². The molecule has 25 heavy (non-hydrogen) atoms. The Labute approximate surface area is 144 Å². The fourth-order valence-electron chi connectivity index (χ4n) is 2.83. The Balaban J connectivity index is 1.58. The molecule has 3 aromatic rings. The lowest BCUT2D eigenvalue weighted by Crippen LogP contribution is -2.30. The van der Waals surface area contributed by atoms with E-state index in [1.54, 1.807) is 11.0 Å². The molecule has 0 saturated carbocycles. The van der Waals surface area contributed by atoms with Crippen LogP contribution in [0.5, 0.6) is 11.5 Å². The molecule has 2 aromatic heterocycles. The van der Waals surface area contributed by atoms with Crippen molar-refractivity contribution in [2.45, 2.75) is 20.4 Å². The molecular formula is C18H17N3O4. The van der Waals surface area contributed by atoms with Crippen LogP contribution in [0.2, 0.25) is 0 Å². The number of rotatable bonds is 4. The van der Waals surface area contributed by atoms with Gasteiger partial charge in [-0.3, -0.25) is 4.79 Å². The molecule has 1 amide bonds. The third-order valence-corrected chi connectivity index (χ3v) is 4.24. The number of ether oxygens (including phenoxy) is 2. The Bertz CT molecular complexity index is 951. The topological polar surface area (TPSA) is 77.7 Å². The maximum Gasteiger partial charge on any atom is 0.257 e. The summed E-state index contributed by atoms with van der Waals surface area (Å²) in [6, 6.07) is 7.49. The number of nitrogens with zero attached hydrogens (tertiary/aromatic N) is 3. The van der Waals surface area contributed by atoms with Crippen LogP contribution in [0.15, 0.2) is 35.0 Å². The molecule has 1 aliphatic rings. The van der Waals surface area contributed by atoms with Crippen LogP contribution in [-0.4, -0.2) is 34.3 Å². The third kappa shape index (κ3) is 2.77. The smallest absolute Gasteiger partial charge is 0.257 e. The summed E-state index contributed by atoms with van der Waals surface area (Å²) in [7, 11) is 0. The Morgan fingerprint density at radius 2 is 2.08 bits per heavy atom. The highest BCUT2D eigenvalue weighted by Gasteiger charge is 2.19. The highest BCUT2D eigenvalue weighted by atomic mass is 16.7. The number of carbonyl (C=O) groups is 1. The number of benzene rings is 1. The maximum absolute atomic E-state index is 12.9. The summed E-state index contributed by atoms with van der Waals surface area (Å²) in [4.78, 5) is 18.8. The molecule has 0 spiro atoms. The number of hydrogen-bond acceptors (Lipinski definition) is 6. The summed E-state index contributed by atoms with van der Waals surface area (Å²) in [6.45, 7) is 5.06. The van der Waals surface area contributed by atoms with Gasteiger partial charge in [-0.15, -0.1) is 0 Å². The van der Waals surface area contributed by atoms with E-state index >= 15 is 0 Å². The predicted molar refractivity (Wildman–Crippen MR) is 89.5 cm³/mol. The Morgan fingerprint density at radius 1 is 1.24 bits per heavy atom. The molecule has 7 nitrogen and oxygen atoms in total. The largest absolute Gasteiger partial charge is 0.454 e. The normalized spacial score (nSPS) is 12.6. The van der Waals surface area contributed by atoms with Crippen LogP contribution in [0.4, 0.5) is 0 Å². The number of pyridine rings is 1. The summed E-state index contributed by atoms with van der Waals surface area (Å²) in [6.07, 6.45) is 1.53. The van der Waals surface area contributed by atoms with Crippen LogP contribution in [0.3, 0.4) is 0 Å². The first kappa shape index (κ1) is 15.4. The molecule has 3 heterocycles. The molecule has 0 atom stereocenters. The maximum atomic E-state index is 12.9. The molecule has 0 N–H and O–H groups in total. The van der Waals surface area contributed by atoms with Gasteiger partial charge in [-0.05, 0) is 37.6 Å². The van der Waals surface area contributed by atoms with Crippen LogP contribution in [0, 0.1) is 6.92 Å².